The van der Waals surface area contributed by atoms with Crippen LogP contribution >= 0.6 is 22.7 Å². The van der Waals surface area contributed by atoms with Gasteiger partial charge in [-0.2, -0.15) is 0 Å². The van der Waals surface area contributed by atoms with Gasteiger partial charge < -0.3 is 0 Å². The van der Waals surface area contributed by atoms with E-state index in [4.69, 9.17) is 44.9 Å². The molecule has 0 spiro atoms. The Balaban J connectivity index is 0.691. The van der Waals surface area contributed by atoms with Crippen LogP contribution in [0.1, 0.15) is 0 Å². The molecule has 0 fully saturated rings. The molecule has 11 nitrogen and oxygen atoms in total. The molecule has 12 aromatic carbocycles. The Morgan fingerprint density at radius 1 is 0.198 bits per heavy atom. The van der Waals surface area contributed by atoms with E-state index in [0.717, 1.165) is 170 Å². The Morgan fingerprint density at radius 2 is 0.594 bits per heavy atom. The Labute approximate surface area is 616 Å². The summed E-state index contributed by atoms with van der Waals surface area (Å²) in [6.07, 6.45) is 3.61. The maximum atomic E-state index is 5.66. The number of hydrogen-bond acceptors (Lipinski definition) is 13. The molecule has 0 saturated heterocycles. The molecular weight excluding hydrogens is 1340 g/mol. The molecule has 494 valence electrons. The number of pyridine rings is 2. The number of aromatic nitrogens is 11. The van der Waals surface area contributed by atoms with Gasteiger partial charge in [-0.3, -0.25) is 9.97 Å². The number of thiophene rings is 2. The Kier molecular flexibility index (Phi) is 15.3. The van der Waals surface area contributed by atoms with E-state index in [9.17, 15) is 0 Å². The van der Waals surface area contributed by atoms with E-state index in [0.29, 0.717) is 34.9 Å². The van der Waals surface area contributed by atoms with Gasteiger partial charge >= 0.3 is 0 Å². The zero-order valence-corrected chi connectivity index (χ0v) is 58.1. The topological polar surface area (TPSA) is 142 Å². The summed E-state index contributed by atoms with van der Waals surface area (Å²) >= 11 is 3.43. The molecule has 0 aliphatic heterocycles. The summed E-state index contributed by atoms with van der Waals surface area (Å²) in [6.45, 7) is 0. The predicted octanol–water partition coefficient (Wildman–Crippen LogP) is 23.7. The average Bonchev–Trinajstić information content (AvgIpc) is 1.21. The van der Waals surface area contributed by atoms with Crippen molar-refractivity contribution in [2.45, 2.75) is 0 Å². The molecule has 0 bridgehead atoms. The van der Waals surface area contributed by atoms with Crippen LogP contribution in [0.3, 0.4) is 0 Å². The zero-order chi connectivity index (χ0) is 70.0. The van der Waals surface area contributed by atoms with Crippen LogP contribution in [0.5, 0.6) is 0 Å². The minimum Gasteiger partial charge on any atom is -0.256 e. The summed E-state index contributed by atoms with van der Waals surface area (Å²) in [5.74, 6) is 3.56. The van der Waals surface area contributed by atoms with Gasteiger partial charge in [-0.05, 0) is 93.3 Å². The highest BCUT2D eigenvalue weighted by Gasteiger charge is 2.23. The van der Waals surface area contributed by atoms with Crippen molar-refractivity contribution in [2.24, 2.45) is 0 Å². The highest BCUT2D eigenvalue weighted by molar-refractivity contribution is 7.26. The van der Waals surface area contributed by atoms with E-state index in [1.807, 2.05) is 97.3 Å². The van der Waals surface area contributed by atoms with Crippen molar-refractivity contribution in [3.8, 4) is 147 Å². The molecule has 13 heteroatoms. The third kappa shape index (κ3) is 11.5. The van der Waals surface area contributed by atoms with Crippen molar-refractivity contribution in [1.29, 1.82) is 0 Å². The van der Waals surface area contributed by atoms with E-state index in [2.05, 4.69) is 247 Å². The first-order valence-electron chi connectivity index (χ1n) is 34.9. The molecule has 0 unspecified atom stereocenters. The van der Waals surface area contributed by atoms with Crippen LogP contribution in [-0.4, -0.2) is 54.8 Å². The maximum Gasteiger partial charge on any atom is 0.164 e. The summed E-state index contributed by atoms with van der Waals surface area (Å²) < 4.78 is 4.34. The van der Waals surface area contributed by atoms with Crippen molar-refractivity contribution in [1.82, 2.24) is 54.8 Å². The number of hydrogen-bond donors (Lipinski definition) is 0. The first-order chi connectivity index (χ1) is 52.5. The van der Waals surface area contributed by atoms with Crippen LogP contribution < -0.4 is 0 Å². The second-order valence-electron chi connectivity index (χ2n) is 26.1. The third-order valence-electron chi connectivity index (χ3n) is 19.5. The van der Waals surface area contributed by atoms with E-state index in [1.54, 1.807) is 22.7 Å². The van der Waals surface area contributed by atoms with Crippen molar-refractivity contribution in [2.75, 3.05) is 0 Å². The predicted molar refractivity (Wildman–Crippen MR) is 434 cm³/mol. The lowest BCUT2D eigenvalue weighted by Crippen LogP contribution is -2.00. The van der Waals surface area contributed by atoms with Crippen LogP contribution in [0.2, 0.25) is 0 Å². The lowest BCUT2D eigenvalue weighted by atomic mass is 9.91. The van der Waals surface area contributed by atoms with Gasteiger partial charge in [0, 0.05) is 99.3 Å². The summed E-state index contributed by atoms with van der Waals surface area (Å²) in [7, 11) is 0. The van der Waals surface area contributed by atoms with Gasteiger partial charge in [0.25, 0.3) is 0 Å². The second kappa shape index (κ2) is 26.2. The molecule has 0 radical (unpaired) electrons. The molecular formula is C93H55N11S2. The van der Waals surface area contributed by atoms with Crippen molar-refractivity contribution < 1.29 is 0 Å². The van der Waals surface area contributed by atoms with Crippen molar-refractivity contribution in [3.63, 3.8) is 0 Å². The number of nitrogens with zero attached hydrogens (tertiary/aromatic N) is 11. The zero-order valence-electron chi connectivity index (χ0n) is 56.5. The molecule has 20 rings (SSSR count). The monoisotopic (exact) mass is 1390 g/mol. The van der Waals surface area contributed by atoms with Crippen LogP contribution in [0.25, 0.3) is 209 Å². The normalized spacial score (nSPS) is 11.6. The molecule has 0 atom stereocenters. The van der Waals surface area contributed by atoms with Crippen molar-refractivity contribution in [3.05, 3.63) is 334 Å². The van der Waals surface area contributed by atoms with Gasteiger partial charge in [0.2, 0.25) is 0 Å². The minimum atomic E-state index is 0.540. The van der Waals surface area contributed by atoms with Gasteiger partial charge in [0.15, 0.2) is 34.9 Å². The van der Waals surface area contributed by atoms with Crippen LogP contribution in [0.15, 0.2) is 334 Å². The summed E-state index contributed by atoms with van der Waals surface area (Å²) in [6, 6.07) is 111. The second-order valence-corrected chi connectivity index (χ2v) is 28.2. The molecule has 106 heavy (non-hydrogen) atoms. The Hall–Kier alpha value is -13.9. The Bertz CT molecular complexity index is 6680. The average molecular weight is 1390 g/mol. The van der Waals surface area contributed by atoms with Gasteiger partial charge in [0.1, 0.15) is 0 Å². The quantitative estimate of drug-likeness (QED) is 0.102. The Morgan fingerprint density at radius 3 is 1.12 bits per heavy atom. The maximum absolute atomic E-state index is 5.66. The number of benzene rings is 12. The van der Waals surface area contributed by atoms with E-state index >= 15 is 0 Å². The number of fused-ring (bicyclic) bond motifs is 9. The molecule has 8 heterocycles. The fraction of sp³-hybridized carbons (Fsp3) is 0. The molecule has 20 aromatic rings. The first kappa shape index (κ1) is 62.0. The lowest BCUT2D eigenvalue weighted by Gasteiger charge is -2.15. The fourth-order valence-electron chi connectivity index (χ4n) is 14.2. The van der Waals surface area contributed by atoms with Crippen molar-refractivity contribution >= 4 is 84.8 Å². The molecule has 0 N–H and O–H groups in total. The largest absolute Gasteiger partial charge is 0.256 e. The summed E-state index contributed by atoms with van der Waals surface area (Å²) in [5.41, 5.74) is 20.1. The summed E-state index contributed by atoms with van der Waals surface area (Å²) in [4.78, 5) is 57.1. The smallest absolute Gasteiger partial charge is 0.164 e. The van der Waals surface area contributed by atoms with Gasteiger partial charge in [0.05, 0.1) is 54.6 Å². The first-order valence-corrected chi connectivity index (χ1v) is 36.6. The summed E-state index contributed by atoms with van der Waals surface area (Å²) in [5, 5.41) is 6.66. The molecule has 0 aliphatic carbocycles. The minimum absolute atomic E-state index is 0.540. The standard InChI is InChI=1S/C93H55N11S2/c1-3-19-57(20-4-1)78-55-79(97-88(96-78)63-44-36-60(37-45-63)82-86-84(72-26-9-11-30-80(72)105-86)100-89(98-82)62-21-5-2-6-22-62)68-24-17-23-67(52-68)74-53-69(54-75-70-25-8-7-18-56(70)48-49-71(74)75)93-99-83(87-85(101-93)73-27-10-12-31-81(73)106-87)61-38-46-66(47-39-61)92-103-90(64-40-32-58(33-41-64)76-28-13-15-50-94-76)102-91(104-92)65-42-34-59(35-43-65)77-29-14-16-51-95-77/h1-55H. The SMILES string of the molecule is c1ccc(-c2cc(-c3cccc(-c4cc(-c5nc(-c6ccc(-c7nc(-c8ccc(-c9ccccn9)cc8)nc(-c8ccc(-c9ccccn9)cc8)n7)cc6)c6sc7ccccc7c6n5)cc5c4ccc4ccccc45)c3)nc(-c3ccc(-c4nc(-c5ccccc5)nc5c4sc4ccccc45)cc3)n2)cc1. The van der Waals surface area contributed by atoms with E-state index < -0.39 is 0 Å². The highest BCUT2D eigenvalue weighted by atomic mass is 32.1. The van der Waals surface area contributed by atoms with Crippen LogP contribution in [0.4, 0.5) is 0 Å². The fourth-order valence-corrected chi connectivity index (χ4v) is 16.5. The molecule has 0 saturated carbocycles. The van der Waals surface area contributed by atoms with Gasteiger partial charge in [-0.15, -0.1) is 22.7 Å². The van der Waals surface area contributed by atoms with E-state index in [1.165, 1.54) is 4.70 Å². The van der Waals surface area contributed by atoms with Gasteiger partial charge in [-0.25, -0.2) is 44.9 Å². The molecule has 0 amide bonds. The third-order valence-corrected chi connectivity index (χ3v) is 21.9. The van der Waals surface area contributed by atoms with Gasteiger partial charge in [-0.1, -0.05) is 261 Å². The lowest BCUT2D eigenvalue weighted by molar-refractivity contribution is 1.07. The number of rotatable bonds is 13. The van der Waals surface area contributed by atoms with E-state index in [-0.39, 0.29) is 0 Å². The highest BCUT2D eigenvalue weighted by Crippen LogP contribution is 2.45. The molecule has 0 aliphatic rings. The van der Waals surface area contributed by atoms with Crippen LogP contribution in [-0.2, 0) is 0 Å². The van der Waals surface area contributed by atoms with Crippen LogP contribution in [0, 0.1) is 0 Å². The molecule has 8 aromatic heterocycles.